The molecule has 3 aromatic carbocycles. The summed E-state index contributed by atoms with van der Waals surface area (Å²) in [7, 11) is 2.14. The molecule has 0 fully saturated rings. The van der Waals surface area contributed by atoms with Crippen LogP contribution < -0.4 is 9.64 Å². The highest BCUT2D eigenvalue weighted by atomic mass is 16.5. The first-order valence-corrected chi connectivity index (χ1v) is 15.0. The molecular formula is C37H39N2O3+. The molecule has 1 N–H and O–H groups in total. The number of carboxylic acids is 1. The second-order valence-corrected chi connectivity index (χ2v) is 11.8. The molecule has 5 nitrogen and oxygen atoms in total. The van der Waals surface area contributed by atoms with Crippen LogP contribution in [0.4, 0.5) is 11.4 Å². The van der Waals surface area contributed by atoms with Crippen molar-refractivity contribution in [2.75, 3.05) is 25.0 Å². The van der Waals surface area contributed by atoms with E-state index in [0.717, 1.165) is 77.4 Å². The molecule has 3 aliphatic rings. The second-order valence-electron chi connectivity index (χ2n) is 11.8. The predicted molar refractivity (Wildman–Crippen MR) is 170 cm³/mol. The third-order valence-electron chi connectivity index (χ3n) is 9.13. The van der Waals surface area contributed by atoms with Gasteiger partial charge in [0.05, 0.1) is 11.0 Å². The van der Waals surface area contributed by atoms with Gasteiger partial charge in [0.1, 0.15) is 18.6 Å². The van der Waals surface area contributed by atoms with Crippen molar-refractivity contribution < 1.29 is 19.2 Å². The van der Waals surface area contributed by atoms with Gasteiger partial charge < -0.3 is 14.7 Å². The standard InChI is InChI=1S/C37H38N2O3/c1-6-39(7-2)25-20-21-28-32(23-25)42-35-24(19-22-33-37(3,4)30-17-10-11-18-31(30)38(33)5)13-12-16-29(35)34(28)26-14-8-9-15-27(26)36(40)41/h8-11,14-15,17-23H,6-7,12-13,16H2,1-5H3/p+1. The van der Waals surface area contributed by atoms with Crippen LogP contribution in [0.3, 0.4) is 0 Å². The van der Waals surface area contributed by atoms with Crippen LogP contribution in [0.2, 0.25) is 0 Å². The maximum Gasteiger partial charge on any atom is 0.336 e. The van der Waals surface area contributed by atoms with E-state index in [0.29, 0.717) is 5.56 Å². The quantitative estimate of drug-likeness (QED) is 0.297. The fraction of sp³-hybridized carbons (Fsp3) is 0.297. The summed E-state index contributed by atoms with van der Waals surface area (Å²) in [5.74, 6) is 0.725. The third-order valence-corrected chi connectivity index (χ3v) is 9.13. The molecule has 1 aliphatic carbocycles. The lowest BCUT2D eigenvalue weighted by atomic mass is 9.80. The summed E-state index contributed by atoms with van der Waals surface area (Å²) in [5, 5.41) is 10.1. The summed E-state index contributed by atoms with van der Waals surface area (Å²) in [4.78, 5) is 14.7. The Morgan fingerprint density at radius 2 is 1.71 bits per heavy atom. The summed E-state index contributed by atoms with van der Waals surface area (Å²) in [6.45, 7) is 10.7. The lowest BCUT2D eigenvalue weighted by Gasteiger charge is -2.32. The lowest BCUT2D eigenvalue weighted by Crippen LogP contribution is -2.26. The van der Waals surface area contributed by atoms with Crippen LogP contribution in [0.1, 0.15) is 74.0 Å². The molecule has 0 unspecified atom stereocenters. The average molecular weight is 560 g/mol. The summed E-state index contributed by atoms with van der Waals surface area (Å²) in [6, 6.07) is 22.3. The zero-order valence-corrected chi connectivity index (χ0v) is 25.2. The smallest absolute Gasteiger partial charge is 0.336 e. The number of nitrogens with zero attached hydrogens (tertiary/aromatic N) is 2. The number of hydrogen-bond donors (Lipinski definition) is 1. The summed E-state index contributed by atoms with van der Waals surface area (Å²) >= 11 is 0. The topological polar surface area (TPSA) is 52.8 Å². The number of para-hydroxylation sites is 1. The van der Waals surface area contributed by atoms with E-state index in [1.807, 2.05) is 12.1 Å². The molecule has 5 heteroatoms. The second kappa shape index (κ2) is 10.8. The zero-order chi connectivity index (χ0) is 29.6. The van der Waals surface area contributed by atoms with Crippen LogP contribution >= 0.6 is 0 Å². The van der Waals surface area contributed by atoms with E-state index in [-0.39, 0.29) is 5.41 Å². The zero-order valence-electron chi connectivity index (χ0n) is 25.2. The Balaban J connectivity index is 1.54. The molecule has 0 saturated carbocycles. The monoisotopic (exact) mass is 559 g/mol. The Labute approximate surface area is 248 Å². The minimum absolute atomic E-state index is 0.120. The highest BCUT2D eigenvalue weighted by molar-refractivity contribution is 6.03. The van der Waals surface area contributed by atoms with Gasteiger partial charge in [0.2, 0.25) is 5.69 Å². The van der Waals surface area contributed by atoms with Crippen molar-refractivity contribution in [3.8, 4) is 5.75 Å². The number of hydrogen-bond acceptors (Lipinski definition) is 3. The number of aromatic carboxylic acids is 1. The first-order valence-electron chi connectivity index (χ1n) is 15.0. The van der Waals surface area contributed by atoms with Crippen molar-refractivity contribution in [2.45, 2.75) is 52.4 Å². The molecule has 0 amide bonds. The number of allylic oxidation sites excluding steroid dienone is 4. The first kappa shape index (κ1) is 27.8. The van der Waals surface area contributed by atoms with Gasteiger partial charge in [0, 0.05) is 59.3 Å². The number of benzene rings is 3. The van der Waals surface area contributed by atoms with Gasteiger partial charge in [-0.05, 0) is 82.4 Å². The molecular weight excluding hydrogens is 520 g/mol. The molecule has 3 aromatic rings. The molecule has 42 heavy (non-hydrogen) atoms. The van der Waals surface area contributed by atoms with Gasteiger partial charge >= 0.3 is 5.97 Å². The molecule has 2 aliphatic heterocycles. The maximum atomic E-state index is 12.4. The van der Waals surface area contributed by atoms with E-state index < -0.39 is 5.97 Å². The summed E-state index contributed by atoms with van der Waals surface area (Å²) in [5.41, 5.74) is 9.99. The van der Waals surface area contributed by atoms with Crippen LogP contribution in [0, 0.1) is 0 Å². The van der Waals surface area contributed by atoms with Gasteiger partial charge in [-0.25, -0.2) is 4.79 Å². The largest absolute Gasteiger partial charge is 0.478 e. The van der Waals surface area contributed by atoms with Crippen LogP contribution in [0.15, 0.2) is 95.8 Å². The van der Waals surface area contributed by atoms with Crippen LogP contribution in [0.5, 0.6) is 5.75 Å². The SMILES string of the molecule is CCN(CC)c1ccc2c(c1)OC1=C(/C=C/C3=[N+](C)c4ccccc4C3(C)C)CCCC1=C2c1ccccc1C(=O)O. The molecule has 0 radical (unpaired) electrons. The fourth-order valence-corrected chi connectivity index (χ4v) is 6.94. The minimum atomic E-state index is -0.921. The Bertz CT molecular complexity index is 1720. The number of ether oxygens (including phenoxy) is 1. The molecule has 0 atom stereocenters. The Morgan fingerprint density at radius 1 is 0.976 bits per heavy atom. The van der Waals surface area contributed by atoms with Crippen LogP contribution in [-0.2, 0) is 5.41 Å². The molecule has 6 rings (SSSR count). The van der Waals surface area contributed by atoms with Crippen molar-refractivity contribution in [1.82, 2.24) is 0 Å². The van der Waals surface area contributed by atoms with E-state index in [2.05, 4.69) is 98.8 Å². The van der Waals surface area contributed by atoms with Gasteiger partial charge in [-0.15, -0.1) is 0 Å². The van der Waals surface area contributed by atoms with Gasteiger partial charge in [0.15, 0.2) is 5.71 Å². The van der Waals surface area contributed by atoms with E-state index in [1.165, 1.54) is 17.0 Å². The van der Waals surface area contributed by atoms with Crippen molar-refractivity contribution >= 4 is 28.6 Å². The van der Waals surface area contributed by atoms with Crippen LogP contribution in [-0.4, -0.2) is 41.5 Å². The Morgan fingerprint density at radius 3 is 2.45 bits per heavy atom. The number of carboxylic acid groups (broad SMARTS) is 1. The Hall–Kier alpha value is -4.38. The normalized spacial score (nSPS) is 17.3. The molecule has 0 saturated heterocycles. The van der Waals surface area contributed by atoms with Crippen molar-refractivity contribution in [3.63, 3.8) is 0 Å². The first-order chi connectivity index (χ1) is 20.3. The van der Waals surface area contributed by atoms with Crippen molar-refractivity contribution in [3.05, 3.63) is 118 Å². The van der Waals surface area contributed by atoms with E-state index in [4.69, 9.17) is 4.74 Å². The highest BCUT2D eigenvalue weighted by Crippen LogP contribution is 2.48. The lowest BCUT2D eigenvalue weighted by molar-refractivity contribution is -0.401. The number of rotatable bonds is 7. The summed E-state index contributed by atoms with van der Waals surface area (Å²) < 4.78 is 9.10. The number of fused-ring (bicyclic) bond motifs is 3. The fourth-order valence-electron chi connectivity index (χ4n) is 6.94. The summed E-state index contributed by atoms with van der Waals surface area (Å²) in [6.07, 6.45) is 7.19. The van der Waals surface area contributed by atoms with E-state index in [1.54, 1.807) is 12.1 Å². The van der Waals surface area contributed by atoms with Gasteiger partial charge in [0.25, 0.3) is 0 Å². The molecule has 0 aromatic heterocycles. The number of carbonyl (C=O) groups is 1. The van der Waals surface area contributed by atoms with Crippen LogP contribution in [0.25, 0.3) is 5.57 Å². The maximum absolute atomic E-state index is 12.4. The van der Waals surface area contributed by atoms with Gasteiger partial charge in [-0.3, -0.25) is 0 Å². The van der Waals surface area contributed by atoms with Crippen molar-refractivity contribution in [2.24, 2.45) is 0 Å². The third kappa shape index (κ3) is 4.48. The van der Waals surface area contributed by atoms with E-state index >= 15 is 0 Å². The van der Waals surface area contributed by atoms with Crippen molar-refractivity contribution in [1.29, 1.82) is 0 Å². The molecule has 214 valence electrons. The predicted octanol–water partition coefficient (Wildman–Crippen LogP) is 8.13. The van der Waals surface area contributed by atoms with Gasteiger partial charge in [-0.1, -0.05) is 36.4 Å². The van der Waals surface area contributed by atoms with E-state index in [9.17, 15) is 9.90 Å². The molecule has 0 bridgehead atoms. The molecule has 2 heterocycles. The molecule has 0 spiro atoms. The highest BCUT2D eigenvalue weighted by Gasteiger charge is 2.42. The minimum Gasteiger partial charge on any atom is -0.478 e. The van der Waals surface area contributed by atoms with Gasteiger partial charge in [-0.2, -0.15) is 4.58 Å². The average Bonchev–Trinajstić information content (AvgIpc) is 3.19. The Kier molecular flexibility index (Phi) is 7.14. The number of anilines is 1.